The van der Waals surface area contributed by atoms with Crippen molar-refractivity contribution in [1.82, 2.24) is 14.7 Å². The minimum atomic E-state index is -0.836. The van der Waals surface area contributed by atoms with Crippen molar-refractivity contribution in [3.05, 3.63) is 86.4 Å². The first-order valence-electron chi connectivity index (χ1n) is 12.8. The number of aromatic nitrogens is 2. The quantitative estimate of drug-likeness (QED) is 0.260. The lowest BCUT2D eigenvalue weighted by molar-refractivity contribution is -0.127. The molecule has 4 rings (SSSR count). The van der Waals surface area contributed by atoms with E-state index in [1.807, 2.05) is 6.92 Å². The Kier molecular flexibility index (Phi) is 8.75. The molecule has 0 saturated heterocycles. The molecule has 1 aromatic heterocycles. The number of carbonyl (C=O) groups is 3. The van der Waals surface area contributed by atoms with E-state index < -0.39 is 35.7 Å². The fraction of sp³-hybridized carbons (Fsp3) is 0.379. The predicted octanol–water partition coefficient (Wildman–Crippen LogP) is 7.15. The molecule has 1 fully saturated rings. The number of rotatable bonds is 8. The molecule has 0 bridgehead atoms. The van der Waals surface area contributed by atoms with Crippen LogP contribution in [0.2, 0.25) is 10.0 Å². The first-order valence-corrected chi connectivity index (χ1v) is 13.5. The van der Waals surface area contributed by atoms with E-state index in [9.17, 15) is 27.6 Å². The lowest BCUT2D eigenvalue weighted by atomic mass is 9.71. The van der Waals surface area contributed by atoms with Crippen LogP contribution in [-0.4, -0.2) is 38.7 Å². The largest absolute Gasteiger partial charge is 0.326 e. The Morgan fingerprint density at radius 1 is 1.00 bits per heavy atom. The van der Waals surface area contributed by atoms with Gasteiger partial charge in [0.05, 0.1) is 40.0 Å². The van der Waals surface area contributed by atoms with E-state index in [2.05, 4.69) is 5.10 Å². The van der Waals surface area contributed by atoms with Crippen molar-refractivity contribution in [2.24, 2.45) is 5.41 Å². The van der Waals surface area contributed by atoms with Crippen molar-refractivity contribution in [2.45, 2.75) is 59.0 Å². The van der Waals surface area contributed by atoms with Crippen LogP contribution < -0.4 is 0 Å². The van der Waals surface area contributed by atoms with Crippen LogP contribution in [0, 0.1) is 29.8 Å². The van der Waals surface area contributed by atoms with Gasteiger partial charge in [0.1, 0.15) is 23.2 Å². The molecule has 3 aromatic rings. The standard InChI is InChI=1S/C29H28Cl2F3N3O3/c1-16-23(13-35-37(16)22-4-6-29(3,7-5-22)17(2)38)28(40)36(14-18-8-19(32)10-20(33)9-18)15-26(39)27-24(30)11-21(34)12-25(27)31/h8-13,22H,4-7,14-15H2,1-3H3/t22-,29-. The van der Waals surface area contributed by atoms with Crippen LogP contribution in [0.15, 0.2) is 36.5 Å². The Balaban J connectivity index is 1.64. The summed E-state index contributed by atoms with van der Waals surface area (Å²) in [6.07, 6.45) is 4.20. The summed E-state index contributed by atoms with van der Waals surface area (Å²) in [6, 6.07) is 4.69. The minimum Gasteiger partial charge on any atom is -0.326 e. The molecule has 1 heterocycles. The van der Waals surface area contributed by atoms with Crippen LogP contribution in [0.3, 0.4) is 0 Å². The summed E-state index contributed by atoms with van der Waals surface area (Å²) in [6.45, 7) is 4.44. The highest BCUT2D eigenvalue weighted by Gasteiger charge is 2.36. The van der Waals surface area contributed by atoms with Gasteiger partial charge < -0.3 is 4.90 Å². The number of hydrogen-bond donors (Lipinski definition) is 0. The Labute approximate surface area is 240 Å². The van der Waals surface area contributed by atoms with Crippen LogP contribution in [0.4, 0.5) is 13.2 Å². The van der Waals surface area contributed by atoms with Crippen LogP contribution in [0.25, 0.3) is 0 Å². The van der Waals surface area contributed by atoms with Gasteiger partial charge in [-0.25, -0.2) is 13.2 Å². The minimum absolute atomic E-state index is 0.0156. The Morgan fingerprint density at radius 3 is 2.10 bits per heavy atom. The summed E-state index contributed by atoms with van der Waals surface area (Å²) in [5, 5.41) is 3.99. The van der Waals surface area contributed by atoms with Gasteiger partial charge in [-0.05, 0) is 69.4 Å². The maximum absolute atomic E-state index is 13.9. The summed E-state index contributed by atoms with van der Waals surface area (Å²) >= 11 is 12.2. The zero-order valence-corrected chi connectivity index (χ0v) is 23.8. The molecule has 0 N–H and O–H groups in total. The molecule has 1 amide bonds. The van der Waals surface area contributed by atoms with Gasteiger partial charge in [0.25, 0.3) is 5.91 Å². The smallest absolute Gasteiger partial charge is 0.258 e. The third-order valence-corrected chi connectivity index (χ3v) is 8.33. The third-order valence-electron chi connectivity index (χ3n) is 7.73. The number of hydrogen-bond acceptors (Lipinski definition) is 4. The second-order valence-corrected chi connectivity index (χ2v) is 11.4. The molecule has 0 spiro atoms. The zero-order valence-electron chi connectivity index (χ0n) is 22.2. The van der Waals surface area contributed by atoms with E-state index in [-0.39, 0.29) is 50.5 Å². The topological polar surface area (TPSA) is 72.3 Å². The van der Waals surface area contributed by atoms with Gasteiger partial charge in [0, 0.05) is 23.7 Å². The Bertz CT molecular complexity index is 1440. The molecule has 40 heavy (non-hydrogen) atoms. The number of halogens is 5. The number of carbonyl (C=O) groups excluding carboxylic acids is 3. The van der Waals surface area contributed by atoms with Gasteiger partial charge in [-0.1, -0.05) is 30.1 Å². The lowest BCUT2D eigenvalue weighted by Crippen LogP contribution is -2.36. The molecule has 1 aliphatic rings. The van der Waals surface area contributed by atoms with Crippen molar-refractivity contribution >= 4 is 40.7 Å². The van der Waals surface area contributed by atoms with Gasteiger partial charge in [0.2, 0.25) is 0 Å². The molecule has 11 heteroatoms. The van der Waals surface area contributed by atoms with Crippen molar-refractivity contribution in [2.75, 3.05) is 6.54 Å². The highest BCUT2D eigenvalue weighted by atomic mass is 35.5. The Morgan fingerprint density at radius 2 is 1.55 bits per heavy atom. The lowest BCUT2D eigenvalue weighted by Gasteiger charge is -2.35. The average molecular weight is 594 g/mol. The van der Waals surface area contributed by atoms with E-state index in [0.29, 0.717) is 37.4 Å². The van der Waals surface area contributed by atoms with Gasteiger partial charge in [0.15, 0.2) is 5.78 Å². The molecule has 0 unspecified atom stereocenters. The third kappa shape index (κ3) is 6.25. The molecular formula is C29H28Cl2F3N3O3. The van der Waals surface area contributed by atoms with E-state index in [1.54, 1.807) is 18.5 Å². The summed E-state index contributed by atoms with van der Waals surface area (Å²) < 4.78 is 43.3. The summed E-state index contributed by atoms with van der Waals surface area (Å²) in [7, 11) is 0. The highest BCUT2D eigenvalue weighted by molar-refractivity contribution is 6.40. The summed E-state index contributed by atoms with van der Waals surface area (Å²) in [5.74, 6) is -3.53. The maximum Gasteiger partial charge on any atom is 0.258 e. The van der Waals surface area contributed by atoms with Gasteiger partial charge >= 0.3 is 0 Å². The van der Waals surface area contributed by atoms with Crippen molar-refractivity contribution in [3.8, 4) is 0 Å². The van der Waals surface area contributed by atoms with E-state index >= 15 is 0 Å². The SMILES string of the molecule is Cc1c(C(=O)N(CC(=O)c2c(Cl)cc(F)cc2Cl)Cc2cc(F)cc(F)c2)cnn1[C@H]1CC[C@](C)(C(C)=O)CC1. The maximum atomic E-state index is 13.9. The fourth-order valence-corrected chi connectivity index (χ4v) is 5.86. The van der Waals surface area contributed by atoms with Crippen molar-refractivity contribution in [3.63, 3.8) is 0 Å². The van der Waals surface area contributed by atoms with E-state index in [4.69, 9.17) is 23.2 Å². The Hall–Kier alpha value is -3.17. The molecule has 0 aliphatic heterocycles. The highest BCUT2D eigenvalue weighted by Crippen LogP contribution is 2.41. The molecule has 0 atom stereocenters. The van der Waals surface area contributed by atoms with Gasteiger partial charge in [-0.15, -0.1) is 0 Å². The van der Waals surface area contributed by atoms with E-state index in [0.717, 1.165) is 29.2 Å². The van der Waals surface area contributed by atoms with Gasteiger partial charge in [-0.2, -0.15) is 5.10 Å². The number of ketones is 2. The molecule has 1 aliphatic carbocycles. The zero-order chi connectivity index (χ0) is 29.4. The molecule has 212 valence electrons. The van der Waals surface area contributed by atoms with Gasteiger partial charge in [-0.3, -0.25) is 19.1 Å². The average Bonchev–Trinajstić information content (AvgIpc) is 3.23. The first kappa shape index (κ1) is 29.8. The number of amides is 1. The fourth-order valence-electron chi connectivity index (χ4n) is 5.19. The molecule has 2 aromatic carbocycles. The first-order chi connectivity index (χ1) is 18.8. The number of nitrogens with zero attached hydrogens (tertiary/aromatic N) is 3. The number of benzene rings is 2. The van der Waals surface area contributed by atoms with Crippen molar-refractivity contribution in [1.29, 1.82) is 0 Å². The predicted molar refractivity (Wildman–Crippen MR) is 145 cm³/mol. The second kappa shape index (κ2) is 11.7. The molecule has 0 radical (unpaired) electrons. The summed E-state index contributed by atoms with van der Waals surface area (Å²) in [4.78, 5) is 40.2. The second-order valence-electron chi connectivity index (χ2n) is 10.5. The molecule has 6 nitrogen and oxygen atoms in total. The van der Waals surface area contributed by atoms with Crippen LogP contribution in [-0.2, 0) is 11.3 Å². The normalized spacial score (nSPS) is 18.9. The molecule has 1 saturated carbocycles. The number of Topliss-reactive ketones (excluding diaryl/α,β-unsaturated/α-hetero) is 2. The van der Waals surface area contributed by atoms with Crippen LogP contribution in [0.5, 0.6) is 0 Å². The summed E-state index contributed by atoms with van der Waals surface area (Å²) in [5.41, 5.74) is 0.339. The monoisotopic (exact) mass is 593 g/mol. The van der Waals surface area contributed by atoms with Crippen LogP contribution in [0.1, 0.15) is 77.5 Å². The van der Waals surface area contributed by atoms with Crippen molar-refractivity contribution < 1.29 is 27.6 Å². The van der Waals surface area contributed by atoms with E-state index in [1.165, 1.54) is 6.20 Å². The molecular weight excluding hydrogens is 566 g/mol. The van der Waals surface area contributed by atoms with Crippen LogP contribution >= 0.6 is 23.2 Å².